The average Bonchev–Trinajstić information content (AvgIpc) is 2.86. The smallest absolute Gasteiger partial charge is 0.243 e. The van der Waals surface area contributed by atoms with Gasteiger partial charge in [-0.25, -0.2) is 0 Å². The van der Waals surface area contributed by atoms with Gasteiger partial charge in [0, 0.05) is 6.20 Å². The Labute approximate surface area is 110 Å². The van der Waals surface area contributed by atoms with Gasteiger partial charge in [-0.15, -0.1) is 0 Å². The molecule has 6 heteroatoms. The summed E-state index contributed by atoms with van der Waals surface area (Å²) in [5, 5.41) is 4.36. The number of halogens is 1. The van der Waals surface area contributed by atoms with Crippen molar-refractivity contribution in [2.45, 2.75) is 32.2 Å². The molecule has 0 unspecified atom stereocenters. The number of unbranched alkanes of at least 4 members (excludes halogenated alkanes) is 1. The molecule has 0 saturated heterocycles. The molecule has 0 aliphatic rings. The maximum absolute atomic E-state index is 6.02. The van der Waals surface area contributed by atoms with Crippen molar-refractivity contribution < 1.29 is 4.52 Å². The monoisotopic (exact) mass is 266 g/mol. The first-order chi connectivity index (χ1) is 8.72. The second-order valence-electron chi connectivity index (χ2n) is 4.04. The SMILES string of the molecule is CCCC[C@H](N)c1nc(-c2ncccc2Cl)no1. The molecule has 18 heavy (non-hydrogen) atoms. The van der Waals surface area contributed by atoms with Crippen LogP contribution in [-0.2, 0) is 0 Å². The lowest BCUT2D eigenvalue weighted by molar-refractivity contribution is 0.346. The molecule has 0 fully saturated rings. The minimum atomic E-state index is -0.228. The molecule has 0 radical (unpaired) electrons. The molecule has 0 aliphatic heterocycles. The number of nitrogens with two attached hydrogens (primary N) is 1. The third-order valence-corrected chi connectivity index (χ3v) is 2.90. The van der Waals surface area contributed by atoms with Crippen LogP contribution in [-0.4, -0.2) is 15.1 Å². The summed E-state index contributed by atoms with van der Waals surface area (Å²) in [4.78, 5) is 8.37. The highest BCUT2D eigenvalue weighted by molar-refractivity contribution is 6.32. The van der Waals surface area contributed by atoms with E-state index in [1.807, 2.05) is 0 Å². The summed E-state index contributed by atoms with van der Waals surface area (Å²) in [5.41, 5.74) is 6.47. The Morgan fingerprint density at radius 1 is 1.50 bits per heavy atom. The molecule has 0 saturated carbocycles. The van der Waals surface area contributed by atoms with Crippen LogP contribution in [0, 0.1) is 0 Å². The number of hydrogen-bond donors (Lipinski definition) is 1. The molecule has 0 amide bonds. The topological polar surface area (TPSA) is 77.8 Å². The first-order valence-electron chi connectivity index (χ1n) is 5.92. The number of nitrogens with zero attached hydrogens (tertiary/aromatic N) is 3. The lowest BCUT2D eigenvalue weighted by Gasteiger charge is -2.03. The second-order valence-corrected chi connectivity index (χ2v) is 4.45. The Balaban J connectivity index is 2.18. The van der Waals surface area contributed by atoms with Gasteiger partial charge in [0.05, 0.1) is 11.1 Å². The van der Waals surface area contributed by atoms with Crippen LogP contribution in [0.1, 0.15) is 38.1 Å². The fourth-order valence-electron chi connectivity index (χ4n) is 1.58. The minimum Gasteiger partial charge on any atom is -0.337 e. The summed E-state index contributed by atoms with van der Waals surface area (Å²) in [6.07, 6.45) is 4.58. The highest BCUT2D eigenvalue weighted by atomic mass is 35.5. The summed E-state index contributed by atoms with van der Waals surface area (Å²) in [6, 6.07) is 3.25. The van der Waals surface area contributed by atoms with E-state index in [1.165, 1.54) is 0 Å². The predicted octanol–water partition coefficient (Wildman–Crippen LogP) is 2.98. The number of rotatable bonds is 5. The summed E-state index contributed by atoms with van der Waals surface area (Å²) in [6.45, 7) is 2.11. The zero-order chi connectivity index (χ0) is 13.0. The second kappa shape index (κ2) is 5.93. The molecular formula is C12H15ClN4O. The van der Waals surface area contributed by atoms with Crippen LogP contribution in [0.3, 0.4) is 0 Å². The molecule has 2 aromatic heterocycles. The van der Waals surface area contributed by atoms with Crippen molar-refractivity contribution in [3.8, 4) is 11.5 Å². The average molecular weight is 267 g/mol. The van der Waals surface area contributed by atoms with Crippen molar-refractivity contribution in [1.29, 1.82) is 0 Å². The van der Waals surface area contributed by atoms with Crippen LogP contribution in [0.25, 0.3) is 11.5 Å². The van der Waals surface area contributed by atoms with Crippen LogP contribution in [0.2, 0.25) is 5.02 Å². The molecule has 2 rings (SSSR count). The van der Waals surface area contributed by atoms with E-state index >= 15 is 0 Å². The van der Waals surface area contributed by atoms with Gasteiger partial charge in [0.15, 0.2) is 0 Å². The maximum Gasteiger partial charge on any atom is 0.243 e. The molecule has 2 aromatic rings. The van der Waals surface area contributed by atoms with Gasteiger partial charge < -0.3 is 10.3 Å². The fourth-order valence-corrected chi connectivity index (χ4v) is 1.79. The Kier molecular flexibility index (Phi) is 4.28. The van der Waals surface area contributed by atoms with Crippen molar-refractivity contribution in [2.75, 3.05) is 0 Å². The molecule has 5 nitrogen and oxygen atoms in total. The van der Waals surface area contributed by atoms with Gasteiger partial charge in [-0.3, -0.25) is 4.98 Å². The van der Waals surface area contributed by atoms with E-state index in [9.17, 15) is 0 Å². The van der Waals surface area contributed by atoms with Crippen molar-refractivity contribution >= 4 is 11.6 Å². The van der Waals surface area contributed by atoms with Crippen molar-refractivity contribution in [3.05, 3.63) is 29.2 Å². The Morgan fingerprint density at radius 2 is 2.33 bits per heavy atom. The molecule has 0 aromatic carbocycles. The van der Waals surface area contributed by atoms with Gasteiger partial charge in [-0.2, -0.15) is 4.98 Å². The number of hydrogen-bond acceptors (Lipinski definition) is 5. The maximum atomic E-state index is 6.02. The number of aromatic nitrogens is 3. The largest absolute Gasteiger partial charge is 0.337 e. The molecule has 0 bridgehead atoms. The highest BCUT2D eigenvalue weighted by Crippen LogP contribution is 2.24. The van der Waals surface area contributed by atoms with E-state index < -0.39 is 0 Å². The first kappa shape index (κ1) is 13.0. The van der Waals surface area contributed by atoms with E-state index in [1.54, 1.807) is 18.3 Å². The molecule has 96 valence electrons. The van der Waals surface area contributed by atoms with Crippen LogP contribution in [0.15, 0.2) is 22.9 Å². The van der Waals surface area contributed by atoms with Crippen LogP contribution >= 0.6 is 11.6 Å². The Morgan fingerprint density at radius 3 is 3.06 bits per heavy atom. The Hall–Kier alpha value is -1.46. The quantitative estimate of drug-likeness (QED) is 0.900. The fraction of sp³-hybridized carbons (Fsp3) is 0.417. The van der Waals surface area contributed by atoms with Gasteiger partial charge in [0.2, 0.25) is 11.7 Å². The van der Waals surface area contributed by atoms with Crippen molar-refractivity contribution in [2.24, 2.45) is 5.73 Å². The molecular weight excluding hydrogens is 252 g/mol. The van der Waals surface area contributed by atoms with Crippen LogP contribution in [0.5, 0.6) is 0 Å². The van der Waals surface area contributed by atoms with Gasteiger partial charge in [-0.05, 0) is 18.6 Å². The van der Waals surface area contributed by atoms with Crippen molar-refractivity contribution in [3.63, 3.8) is 0 Å². The minimum absolute atomic E-state index is 0.228. The third-order valence-electron chi connectivity index (χ3n) is 2.60. The van der Waals surface area contributed by atoms with E-state index in [2.05, 4.69) is 22.0 Å². The first-order valence-corrected chi connectivity index (χ1v) is 6.30. The lowest BCUT2D eigenvalue weighted by Crippen LogP contribution is -2.10. The van der Waals surface area contributed by atoms with Gasteiger partial charge in [0.1, 0.15) is 5.69 Å². The van der Waals surface area contributed by atoms with Gasteiger partial charge in [-0.1, -0.05) is 36.5 Å². The zero-order valence-corrected chi connectivity index (χ0v) is 10.9. The summed E-state index contributed by atoms with van der Waals surface area (Å²) in [5.74, 6) is 0.808. The standard InChI is InChI=1S/C12H15ClN4O/c1-2-3-6-9(14)12-16-11(17-18-12)10-8(13)5-4-7-15-10/h4-5,7,9H,2-3,6,14H2,1H3/t9-/m0/s1. The summed E-state index contributed by atoms with van der Waals surface area (Å²) in [7, 11) is 0. The zero-order valence-electron chi connectivity index (χ0n) is 10.1. The third kappa shape index (κ3) is 2.86. The summed E-state index contributed by atoms with van der Waals surface area (Å²) < 4.78 is 5.15. The molecule has 2 N–H and O–H groups in total. The van der Waals surface area contributed by atoms with Gasteiger partial charge >= 0.3 is 0 Å². The number of pyridine rings is 1. The molecule has 1 atom stereocenters. The van der Waals surface area contributed by atoms with Crippen LogP contribution < -0.4 is 5.73 Å². The normalized spacial score (nSPS) is 12.6. The lowest BCUT2D eigenvalue weighted by atomic mass is 10.1. The highest BCUT2D eigenvalue weighted by Gasteiger charge is 2.17. The molecule has 0 spiro atoms. The predicted molar refractivity (Wildman–Crippen MR) is 69.0 cm³/mol. The van der Waals surface area contributed by atoms with E-state index in [-0.39, 0.29) is 6.04 Å². The van der Waals surface area contributed by atoms with Crippen LogP contribution in [0.4, 0.5) is 0 Å². The molecule has 0 aliphatic carbocycles. The van der Waals surface area contributed by atoms with Gasteiger partial charge in [0.25, 0.3) is 0 Å². The van der Waals surface area contributed by atoms with E-state index in [0.29, 0.717) is 22.4 Å². The van der Waals surface area contributed by atoms with E-state index in [4.69, 9.17) is 21.9 Å². The Bertz CT molecular complexity index is 514. The van der Waals surface area contributed by atoms with Crippen molar-refractivity contribution in [1.82, 2.24) is 15.1 Å². The van der Waals surface area contributed by atoms with E-state index in [0.717, 1.165) is 19.3 Å². The molecule has 2 heterocycles. The summed E-state index contributed by atoms with van der Waals surface area (Å²) >= 11 is 6.02.